The first-order valence-corrected chi connectivity index (χ1v) is 18.3. The van der Waals surface area contributed by atoms with E-state index in [4.69, 9.17) is 25.8 Å². The highest BCUT2D eigenvalue weighted by molar-refractivity contribution is 6.30. The lowest BCUT2D eigenvalue weighted by molar-refractivity contribution is -0.138. The maximum absolute atomic E-state index is 14.4. The summed E-state index contributed by atoms with van der Waals surface area (Å²) in [7, 11) is 1.61. The number of carbonyl (C=O) groups excluding carboxylic acids is 2. The molecule has 0 aliphatic carbocycles. The molecule has 0 spiro atoms. The van der Waals surface area contributed by atoms with Gasteiger partial charge in [-0.2, -0.15) is 0 Å². The van der Waals surface area contributed by atoms with Crippen molar-refractivity contribution in [3.8, 4) is 11.5 Å². The Morgan fingerprint density at radius 3 is 2.42 bits per heavy atom. The van der Waals surface area contributed by atoms with E-state index in [0.717, 1.165) is 63.8 Å². The SMILES string of the molecule is COc1c(OCCCNCCCc2ccccc2)cccc1[C@@H]1O[C@@H](CC(=O)NC2CCNCC2)C(=O)N(CC(C)(C)C)c2ccc(Cl)cc21.Cl.Cl. The van der Waals surface area contributed by atoms with Gasteiger partial charge in [-0.1, -0.05) is 74.8 Å². The second kappa shape index (κ2) is 21.0. The molecule has 2 aliphatic heterocycles. The highest BCUT2D eigenvalue weighted by atomic mass is 35.5. The second-order valence-electron chi connectivity index (χ2n) is 14.4. The minimum atomic E-state index is -1.03. The Morgan fingerprint density at radius 1 is 0.981 bits per heavy atom. The van der Waals surface area contributed by atoms with Gasteiger partial charge in [0.15, 0.2) is 11.5 Å². The van der Waals surface area contributed by atoms with E-state index in [9.17, 15) is 9.59 Å². The number of amides is 2. The lowest BCUT2D eigenvalue weighted by Crippen LogP contribution is -2.47. The largest absolute Gasteiger partial charge is 0.492 e. The summed E-state index contributed by atoms with van der Waals surface area (Å²) in [5, 5.41) is 10.5. The van der Waals surface area contributed by atoms with Crippen LogP contribution < -0.4 is 30.3 Å². The maximum atomic E-state index is 14.4. The Morgan fingerprint density at radius 2 is 1.71 bits per heavy atom. The van der Waals surface area contributed by atoms with Crippen molar-refractivity contribution < 1.29 is 23.8 Å². The Balaban J connectivity index is 0.00000364. The first kappa shape index (κ1) is 43.4. The van der Waals surface area contributed by atoms with E-state index in [-0.39, 0.29) is 54.5 Å². The molecule has 0 aromatic heterocycles. The van der Waals surface area contributed by atoms with Crippen LogP contribution in [0.1, 0.15) is 75.7 Å². The molecule has 0 unspecified atom stereocenters. The van der Waals surface area contributed by atoms with Crippen molar-refractivity contribution in [3.63, 3.8) is 0 Å². The van der Waals surface area contributed by atoms with Crippen molar-refractivity contribution in [1.82, 2.24) is 16.0 Å². The van der Waals surface area contributed by atoms with Crippen LogP contribution in [0.2, 0.25) is 5.02 Å². The van der Waals surface area contributed by atoms with Crippen LogP contribution in [-0.2, 0) is 20.7 Å². The molecule has 3 aromatic rings. The summed E-state index contributed by atoms with van der Waals surface area (Å²) in [4.78, 5) is 29.5. The molecule has 5 rings (SSSR count). The lowest BCUT2D eigenvalue weighted by Gasteiger charge is -2.31. The molecule has 2 heterocycles. The van der Waals surface area contributed by atoms with Gasteiger partial charge in [-0.15, -0.1) is 24.8 Å². The fourth-order valence-corrected chi connectivity index (χ4v) is 6.82. The zero-order chi connectivity index (χ0) is 35.5. The third kappa shape index (κ3) is 12.3. The molecule has 0 bridgehead atoms. The molecule has 3 N–H and O–H groups in total. The molecular formula is C40H55Cl3N4O5. The standard InChI is InChI=1S/C40H53ClN4O5.2ClH/c1-40(2,3)27-45-33-17-16-29(41)25-32(33)37(50-35(39(45)47)26-36(46)44-30-18-22-43-23-19-30)31-14-8-15-34(38(31)48-4)49-24-10-21-42-20-9-13-28-11-6-5-7-12-28;;/h5-8,11-12,14-17,25,30,35,37,42-43H,9-10,13,18-24,26-27H2,1-4H3,(H,44,46);2*1H/t35-,37-;;/m0../s1. The first-order valence-electron chi connectivity index (χ1n) is 17.9. The average Bonchev–Trinajstić information content (AvgIpc) is 3.19. The number of anilines is 1. The Kier molecular flexibility index (Phi) is 17.5. The van der Waals surface area contributed by atoms with Gasteiger partial charge in [0, 0.05) is 34.4 Å². The van der Waals surface area contributed by atoms with Crippen molar-refractivity contribution >= 4 is 53.9 Å². The van der Waals surface area contributed by atoms with Crippen molar-refractivity contribution in [2.45, 2.75) is 77.5 Å². The van der Waals surface area contributed by atoms with E-state index in [1.165, 1.54) is 5.56 Å². The number of methoxy groups -OCH3 is 1. The predicted molar refractivity (Wildman–Crippen MR) is 214 cm³/mol. The Hall–Kier alpha value is -3.05. The van der Waals surface area contributed by atoms with Crippen molar-refractivity contribution in [3.05, 3.63) is 88.4 Å². The molecule has 0 saturated carbocycles. The number of aryl methyl sites for hydroxylation is 1. The number of hydrogen-bond acceptors (Lipinski definition) is 7. The lowest BCUT2D eigenvalue weighted by atomic mass is 9.94. The Bertz CT molecular complexity index is 1570. The molecular weight excluding hydrogens is 723 g/mol. The van der Waals surface area contributed by atoms with Crippen molar-refractivity contribution in [2.24, 2.45) is 5.41 Å². The summed E-state index contributed by atoms with van der Waals surface area (Å²) in [6.45, 7) is 10.7. The van der Waals surface area contributed by atoms with Crippen LogP contribution in [0, 0.1) is 5.41 Å². The molecule has 2 amide bonds. The number of piperidine rings is 1. The highest BCUT2D eigenvalue weighted by Gasteiger charge is 2.40. The van der Waals surface area contributed by atoms with E-state index in [2.05, 4.69) is 61.0 Å². The van der Waals surface area contributed by atoms with Crippen LogP contribution >= 0.6 is 36.4 Å². The number of nitrogens with zero attached hydrogens (tertiary/aromatic N) is 1. The van der Waals surface area contributed by atoms with Crippen LogP contribution in [0.5, 0.6) is 11.5 Å². The molecule has 2 aliphatic rings. The first-order chi connectivity index (χ1) is 24.1. The second-order valence-corrected chi connectivity index (χ2v) is 14.8. The number of nitrogens with one attached hydrogen (secondary N) is 3. The molecule has 2 atom stereocenters. The quantitative estimate of drug-likeness (QED) is 0.139. The molecule has 9 nitrogen and oxygen atoms in total. The Labute approximate surface area is 326 Å². The number of hydrogen-bond donors (Lipinski definition) is 3. The summed E-state index contributed by atoms with van der Waals surface area (Å²) in [6, 6.07) is 21.8. The summed E-state index contributed by atoms with van der Waals surface area (Å²) in [5.74, 6) is 0.651. The normalized spacial score (nSPS) is 17.6. The van der Waals surface area contributed by atoms with Crippen LogP contribution in [0.4, 0.5) is 5.69 Å². The van der Waals surface area contributed by atoms with Gasteiger partial charge in [-0.25, -0.2) is 0 Å². The number of ether oxygens (including phenoxy) is 3. The fourth-order valence-electron chi connectivity index (χ4n) is 6.64. The minimum Gasteiger partial charge on any atom is -0.492 e. The summed E-state index contributed by atoms with van der Waals surface area (Å²) in [5.41, 5.74) is 3.25. The molecule has 286 valence electrons. The monoisotopic (exact) mass is 776 g/mol. The molecule has 1 fully saturated rings. The zero-order valence-corrected chi connectivity index (χ0v) is 33.1. The number of benzene rings is 3. The van der Waals surface area contributed by atoms with E-state index in [0.29, 0.717) is 40.9 Å². The van der Waals surface area contributed by atoms with Gasteiger partial charge < -0.3 is 35.1 Å². The smallest absolute Gasteiger partial charge is 0.256 e. The van der Waals surface area contributed by atoms with E-state index >= 15 is 0 Å². The summed E-state index contributed by atoms with van der Waals surface area (Å²) < 4.78 is 19.0. The average molecular weight is 778 g/mol. The van der Waals surface area contributed by atoms with Crippen LogP contribution in [0.3, 0.4) is 0 Å². The number of halogens is 3. The molecule has 1 saturated heterocycles. The third-order valence-corrected chi connectivity index (χ3v) is 9.26. The summed E-state index contributed by atoms with van der Waals surface area (Å²) >= 11 is 6.60. The van der Waals surface area contributed by atoms with Crippen LogP contribution in [-0.4, -0.2) is 70.4 Å². The number of carbonyl (C=O) groups is 2. The van der Waals surface area contributed by atoms with E-state index < -0.39 is 12.2 Å². The van der Waals surface area contributed by atoms with Gasteiger partial charge in [0.2, 0.25) is 5.91 Å². The zero-order valence-electron chi connectivity index (χ0n) is 30.8. The van der Waals surface area contributed by atoms with Gasteiger partial charge in [-0.3, -0.25) is 9.59 Å². The third-order valence-electron chi connectivity index (χ3n) is 9.03. The van der Waals surface area contributed by atoms with Crippen LogP contribution in [0.15, 0.2) is 66.7 Å². The minimum absolute atomic E-state index is 0. The number of fused-ring (bicyclic) bond motifs is 1. The van der Waals surface area contributed by atoms with Gasteiger partial charge in [0.25, 0.3) is 5.91 Å². The van der Waals surface area contributed by atoms with Crippen molar-refractivity contribution in [2.75, 3.05) is 51.3 Å². The van der Waals surface area contributed by atoms with Gasteiger partial charge in [-0.05, 0) is 93.5 Å². The van der Waals surface area contributed by atoms with E-state index in [1.807, 2.05) is 36.4 Å². The predicted octanol–water partition coefficient (Wildman–Crippen LogP) is 7.31. The maximum Gasteiger partial charge on any atom is 0.256 e. The summed E-state index contributed by atoms with van der Waals surface area (Å²) in [6.07, 6.45) is 2.76. The van der Waals surface area contributed by atoms with Crippen LogP contribution in [0.25, 0.3) is 0 Å². The topological polar surface area (TPSA) is 101 Å². The highest BCUT2D eigenvalue weighted by Crippen LogP contribution is 2.45. The molecule has 0 radical (unpaired) electrons. The molecule has 12 heteroatoms. The van der Waals surface area contributed by atoms with Gasteiger partial charge >= 0.3 is 0 Å². The van der Waals surface area contributed by atoms with Gasteiger partial charge in [0.05, 0.1) is 20.1 Å². The van der Waals surface area contributed by atoms with Crippen molar-refractivity contribution in [1.29, 1.82) is 0 Å². The molecule has 3 aromatic carbocycles. The van der Waals surface area contributed by atoms with Gasteiger partial charge in [0.1, 0.15) is 12.2 Å². The van der Waals surface area contributed by atoms with E-state index in [1.54, 1.807) is 18.1 Å². The molecule has 52 heavy (non-hydrogen) atoms. The fraction of sp³-hybridized carbons (Fsp3) is 0.500. The number of rotatable bonds is 15. The number of para-hydroxylation sites is 1.